The number of hydrogen-bond donors (Lipinski definition) is 2. The number of fused-ring (bicyclic) bond motifs is 1. The van der Waals surface area contributed by atoms with Gasteiger partial charge >= 0.3 is 0 Å². The Bertz CT molecular complexity index is 1310. The van der Waals surface area contributed by atoms with Gasteiger partial charge in [0.2, 0.25) is 5.91 Å². The van der Waals surface area contributed by atoms with Crippen LogP contribution in [0.1, 0.15) is 11.1 Å². The number of carbonyl (C=O) groups is 1. The van der Waals surface area contributed by atoms with Gasteiger partial charge in [0, 0.05) is 11.8 Å². The summed E-state index contributed by atoms with van der Waals surface area (Å²) in [5.41, 5.74) is 2.97. The van der Waals surface area contributed by atoms with Crippen molar-refractivity contribution >= 4 is 29.0 Å². The molecule has 0 spiro atoms. The van der Waals surface area contributed by atoms with E-state index in [9.17, 15) is 14.0 Å². The fourth-order valence-corrected chi connectivity index (χ4v) is 3.77. The molecule has 30 heavy (non-hydrogen) atoms. The number of H-pyrrole nitrogens is 1. The minimum Gasteiger partial charge on any atom is -0.325 e. The zero-order valence-electron chi connectivity index (χ0n) is 16.3. The van der Waals surface area contributed by atoms with Gasteiger partial charge in [-0.3, -0.25) is 14.7 Å². The van der Waals surface area contributed by atoms with Gasteiger partial charge in [-0.25, -0.2) is 18.9 Å². The standard InChI is InChI=1S/C21H18FN5O2S/c1-12-7-8-16(13(2)9-12)23-19(29)11-30-21-25-20(14-5-3-4-6-15(14)22)24-17-10-18(28)26-27(17)21/h3-10H,11H2,1-2H3,(H,23,29)(H,26,28). The average Bonchev–Trinajstić information content (AvgIpc) is 3.09. The lowest BCUT2D eigenvalue weighted by Gasteiger charge is -2.10. The van der Waals surface area contributed by atoms with Crippen molar-refractivity contribution in [1.29, 1.82) is 0 Å². The predicted molar refractivity (Wildman–Crippen MR) is 114 cm³/mol. The van der Waals surface area contributed by atoms with Gasteiger partial charge in [-0.1, -0.05) is 41.6 Å². The molecule has 7 nitrogen and oxygen atoms in total. The molecule has 2 aromatic carbocycles. The smallest absolute Gasteiger partial charge is 0.266 e. The van der Waals surface area contributed by atoms with E-state index in [0.717, 1.165) is 28.6 Å². The Morgan fingerprint density at radius 3 is 2.73 bits per heavy atom. The highest BCUT2D eigenvalue weighted by Gasteiger charge is 2.15. The Kier molecular flexibility index (Phi) is 5.37. The number of thioether (sulfide) groups is 1. The van der Waals surface area contributed by atoms with Crippen molar-refractivity contribution in [2.24, 2.45) is 0 Å². The van der Waals surface area contributed by atoms with Crippen LogP contribution in [0.15, 0.2) is 58.5 Å². The Hall–Kier alpha value is -3.46. The summed E-state index contributed by atoms with van der Waals surface area (Å²) in [5.74, 6) is -0.496. The zero-order valence-corrected chi connectivity index (χ0v) is 17.1. The quantitative estimate of drug-likeness (QED) is 0.479. The molecule has 0 aliphatic carbocycles. The molecular formula is C21H18FN5O2S. The second kappa shape index (κ2) is 8.11. The lowest BCUT2D eigenvalue weighted by atomic mass is 10.1. The number of carbonyl (C=O) groups excluding carboxylic acids is 1. The minimum atomic E-state index is -0.469. The average molecular weight is 423 g/mol. The van der Waals surface area contributed by atoms with Crippen LogP contribution in [0.3, 0.4) is 0 Å². The van der Waals surface area contributed by atoms with Gasteiger partial charge in [-0.2, -0.15) is 0 Å². The third kappa shape index (κ3) is 4.11. The SMILES string of the molecule is Cc1ccc(NC(=O)CSc2nc(-c3ccccc3F)nc3cc(=O)[nH]n23)c(C)c1. The van der Waals surface area contributed by atoms with Crippen molar-refractivity contribution in [1.82, 2.24) is 19.6 Å². The van der Waals surface area contributed by atoms with Crippen LogP contribution in [0.4, 0.5) is 10.1 Å². The van der Waals surface area contributed by atoms with E-state index in [0.29, 0.717) is 10.8 Å². The first-order chi connectivity index (χ1) is 14.4. The van der Waals surface area contributed by atoms with E-state index in [1.54, 1.807) is 18.2 Å². The molecule has 4 aromatic rings. The van der Waals surface area contributed by atoms with Crippen LogP contribution in [0.2, 0.25) is 0 Å². The first-order valence-corrected chi connectivity index (χ1v) is 10.1. The molecule has 0 unspecified atom stereocenters. The monoisotopic (exact) mass is 423 g/mol. The molecule has 0 radical (unpaired) electrons. The molecule has 2 heterocycles. The molecule has 0 saturated carbocycles. The van der Waals surface area contributed by atoms with E-state index in [2.05, 4.69) is 20.4 Å². The van der Waals surface area contributed by atoms with Crippen molar-refractivity contribution in [3.8, 4) is 11.4 Å². The molecule has 4 rings (SSSR count). The largest absolute Gasteiger partial charge is 0.325 e. The summed E-state index contributed by atoms with van der Waals surface area (Å²) in [6.07, 6.45) is 0. The molecule has 0 fully saturated rings. The number of rotatable bonds is 5. The molecule has 0 atom stereocenters. The molecule has 9 heteroatoms. The summed E-state index contributed by atoms with van der Waals surface area (Å²) in [7, 11) is 0. The number of amides is 1. The van der Waals surface area contributed by atoms with E-state index in [-0.39, 0.29) is 28.6 Å². The summed E-state index contributed by atoms with van der Waals surface area (Å²) in [5, 5.41) is 5.80. The summed E-state index contributed by atoms with van der Waals surface area (Å²) < 4.78 is 15.6. The molecule has 1 amide bonds. The van der Waals surface area contributed by atoms with Crippen molar-refractivity contribution in [3.63, 3.8) is 0 Å². The predicted octanol–water partition coefficient (Wildman–Crippen LogP) is 3.57. The van der Waals surface area contributed by atoms with E-state index in [4.69, 9.17) is 0 Å². The summed E-state index contributed by atoms with van der Waals surface area (Å²) >= 11 is 1.12. The Morgan fingerprint density at radius 2 is 1.97 bits per heavy atom. The third-order valence-corrected chi connectivity index (χ3v) is 5.37. The third-order valence-electron chi connectivity index (χ3n) is 4.43. The van der Waals surface area contributed by atoms with Crippen molar-refractivity contribution in [2.45, 2.75) is 19.0 Å². The lowest BCUT2D eigenvalue weighted by molar-refractivity contribution is -0.113. The van der Waals surface area contributed by atoms with Crippen molar-refractivity contribution < 1.29 is 9.18 Å². The van der Waals surface area contributed by atoms with Crippen LogP contribution in [0, 0.1) is 19.7 Å². The summed E-state index contributed by atoms with van der Waals surface area (Å²) in [6, 6.07) is 13.2. The maximum absolute atomic E-state index is 14.2. The second-order valence-electron chi connectivity index (χ2n) is 6.78. The van der Waals surface area contributed by atoms with Gasteiger partial charge in [0.1, 0.15) is 5.82 Å². The number of anilines is 1. The normalized spacial score (nSPS) is 11.0. The second-order valence-corrected chi connectivity index (χ2v) is 7.72. The van der Waals surface area contributed by atoms with Crippen LogP contribution >= 0.6 is 11.8 Å². The number of aromatic amines is 1. The van der Waals surface area contributed by atoms with E-state index in [1.807, 2.05) is 32.0 Å². The number of aromatic nitrogens is 4. The number of hydrogen-bond acceptors (Lipinski definition) is 5. The minimum absolute atomic E-state index is 0.0519. The topological polar surface area (TPSA) is 92.2 Å². The fraction of sp³-hybridized carbons (Fsp3) is 0.143. The number of benzene rings is 2. The zero-order chi connectivity index (χ0) is 21.3. The lowest BCUT2D eigenvalue weighted by Crippen LogP contribution is -2.16. The Labute approximate surface area is 175 Å². The van der Waals surface area contributed by atoms with Gasteiger partial charge in [-0.05, 0) is 37.6 Å². The molecular weight excluding hydrogens is 405 g/mol. The van der Waals surface area contributed by atoms with Crippen LogP contribution < -0.4 is 10.9 Å². The molecule has 0 bridgehead atoms. The van der Waals surface area contributed by atoms with Gasteiger partial charge in [-0.15, -0.1) is 0 Å². The highest BCUT2D eigenvalue weighted by molar-refractivity contribution is 7.99. The molecule has 152 valence electrons. The Balaban J connectivity index is 1.61. The molecule has 2 N–H and O–H groups in total. The molecule has 0 saturated heterocycles. The highest BCUT2D eigenvalue weighted by Crippen LogP contribution is 2.24. The van der Waals surface area contributed by atoms with Crippen molar-refractivity contribution in [3.05, 3.63) is 75.8 Å². The first kappa shape index (κ1) is 19.8. The maximum atomic E-state index is 14.2. The Morgan fingerprint density at radius 1 is 1.17 bits per heavy atom. The van der Waals surface area contributed by atoms with Crippen LogP contribution in [0.25, 0.3) is 17.0 Å². The molecule has 0 aliphatic rings. The van der Waals surface area contributed by atoms with Crippen LogP contribution in [0.5, 0.6) is 0 Å². The van der Waals surface area contributed by atoms with Gasteiger partial charge in [0.15, 0.2) is 16.6 Å². The fourth-order valence-electron chi connectivity index (χ4n) is 3.01. The van der Waals surface area contributed by atoms with E-state index < -0.39 is 5.82 Å². The maximum Gasteiger partial charge on any atom is 0.266 e. The summed E-state index contributed by atoms with van der Waals surface area (Å²) in [6.45, 7) is 3.91. The van der Waals surface area contributed by atoms with Gasteiger partial charge < -0.3 is 5.32 Å². The highest BCUT2D eigenvalue weighted by atomic mass is 32.2. The number of aryl methyl sites for hydroxylation is 2. The van der Waals surface area contributed by atoms with Crippen molar-refractivity contribution in [2.75, 3.05) is 11.1 Å². The van der Waals surface area contributed by atoms with Crippen LogP contribution in [-0.2, 0) is 4.79 Å². The first-order valence-electron chi connectivity index (χ1n) is 9.15. The van der Waals surface area contributed by atoms with E-state index >= 15 is 0 Å². The van der Waals surface area contributed by atoms with Gasteiger partial charge in [0.05, 0.1) is 11.3 Å². The van der Waals surface area contributed by atoms with E-state index in [1.165, 1.54) is 16.6 Å². The molecule has 0 aliphatic heterocycles. The number of nitrogens with zero attached hydrogens (tertiary/aromatic N) is 3. The molecule has 2 aromatic heterocycles. The van der Waals surface area contributed by atoms with Crippen LogP contribution in [-0.4, -0.2) is 31.2 Å². The number of nitrogens with one attached hydrogen (secondary N) is 2. The summed E-state index contributed by atoms with van der Waals surface area (Å²) in [4.78, 5) is 32.9. The number of halogens is 1. The van der Waals surface area contributed by atoms with Gasteiger partial charge in [0.25, 0.3) is 5.56 Å².